The predicted octanol–water partition coefficient (Wildman–Crippen LogP) is 4.88. The largest absolute Gasteiger partial charge is 0.493 e. The van der Waals surface area contributed by atoms with Gasteiger partial charge in [-0.05, 0) is 59.7 Å². The van der Waals surface area contributed by atoms with Crippen LogP contribution in [0.4, 0.5) is 13.2 Å². The fraction of sp³-hybridized carbons (Fsp3) is 0.296. The molecule has 184 valence electrons. The van der Waals surface area contributed by atoms with Crippen LogP contribution in [0, 0.1) is 17.5 Å². The van der Waals surface area contributed by atoms with Crippen LogP contribution in [0.25, 0.3) is 0 Å². The average molecular weight is 485 g/mol. The molecular weight excluding hydrogens is 457 g/mol. The lowest BCUT2D eigenvalue weighted by Crippen LogP contribution is -2.44. The molecule has 0 saturated heterocycles. The second-order valence-corrected chi connectivity index (χ2v) is 8.52. The zero-order valence-electron chi connectivity index (χ0n) is 19.6. The number of halogens is 3. The van der Waals surface area contributed by atoms with Crippen LogP contribution in [0.5, 0.6) is 11.5 Å². The van der Waals surface area contributed by atoms with E-state index in [0.29, 0.717) is 37.0 Å². The fourth-order valence-electron chi connectivity index (χ4n) is 4.88. The van der Waals surface area contributed by atoms with E-state index < -0.39 is 29.4 Å². The van der Waals surface area contributed by atoms with Crippen molar-refractivity contribution in [2.24, 2.45) is 5.73 Å². The Morgan fingerprint density at radius 1 is 1.00 bits per heavy atom. The molecule has 0 fully saturated rings. The maximum atomic E-state index is 14.4. The molecule has 1 aliphatic rings. The molecule has 5 nitrogen and oxygen atoms in total. The molecule has 35 heavy (non-hydrogen) atoms. The molecule has 1 aliphatic heterocycles. The van der Waals surface area contributed by atoms with E-state index in [1.807, 2.05) is 47.4 Å². The van der Waals surface area contributed by atoms with E-state index in [9.17, 15) is 18.0 Å². The minimum atomic E-state index is -1.23. The molecule has 2 unspecified atom stereocenters. The fourth-order valence-corrected chi connectivity index (χ4v) is 4.88. The van der Waals surface area contributed by atoms with Crippen molar-refractivity contribution < 1.29 is 27.4 Å². The summed E-state index contributed by atoms with van der Waals surface area (Å²) in [5, 5.41) is 0. The molecule has 8 heteroatoms. The second-order valence-electron chi connectivity index (χ2n) is 8.52. The lowest BCUT2D eigenvalue weighted by Gasteiger charge is -2.41. The quantitative estimate of drug-likeness (QED) is 0.463. The Bertz CT molecular complexity index is 1220. The number of fused-ring (bicyclic) bond motifs is 1. The molecule has 1 amide bonds. The lowest BCUT2D eigenvalue weighted by molar-refractivity contribution is -0.124. The zero-order valence-corrected chi connectivity index (χ0v) is 19.6. The number of methoxy groups -OCH3 is 2. The highest BCUT2D eigenvalue weighted by atomic mass is 19.2. The Kier molecular flexibility index (Phi) is 7.31. The molecule has 0 saturated carbocycles. The van der Waals surface area contributed by atoms with E-state index in [4.69, 9.17) is 15.2 Å². The molecule has 0 spiro atoms. The molecule has 0 aliphatic carbocycles. The summed E-state index contributed by atoms with van der Waals surface area (Å²) in [4.78, 5) is 14.7. The van der Waals surface area contributed by atoms with E-state index in [2.05, 4.69) is 0 Å². The smallest absolute Gasteiger partial charge is 0.239 e. The van der Waals surface area contributed by atoms with Gasteiger partial charge in [0, 0.05) is 18.7 Å². The third-order valence-corrected chi connectivity index (χ3v) is 6.54. The number of rotatable bonds is 8. The first-order valence-corrected chi connectivity index (χ1v) is 11.3. The number of hydrogen-bond acceptors (Lipinski definition) is 4. The van der Waals surface area contributed by atoms with E-state index in [0.717, 1.165) is 22.8 Å². The number of benzene rings is 3. The minimum absolute atomic E-state index is 0.0618. The molecule has 3 aromatic carbocycles. The number of carbonyl (C=O) groups is 1. The average Bonchev–Trinajstić information content (AvgIpc) is 2.85. The Balaban J connectivity index is 1.77. The highest BCUT2D eigenvalue weighted by Gasteiger charge is 2.36. The van der Waals surface area contributed by atoms with Crippen LogP contribution >= 0.6 is 0 Å². The van der Waals surface area contributed by atoms with Crippen molar-refractivity contribution in [2.75, 3.05) is 20.8 Å². The number of ether oxygens (including phenoxy) is 2. The zero-order chi connectivity index (χ0) is 25.1. The van der Waals surface area contributed by atoms with Crippen LogP contribution in [0.2, 0.25) is 0 Å². The van der Waals surface area contributed by atoms with Gasteiger partial charge in [-0.25, -0.2) is 13.2 Å². The summed E-state index contributed by atoms with van der Waals surface area (Å²) in [5.74, 6) is -2.55. The van der Waals surface area contributed by atoms with Gasteiger partial charge in [-0.2, -0.15) is 0 Å². The number of primary amides is 1. The Hall–Kier alpha value is -3.52. The number of hydrogen-bond donors (Lipinski definition) is 1. The van der Waals surface area contributed by atoms with Crippen LogP contribution in [0.1, 0.15) is 40.8 Å². The summed E-state index contributed by atoms with van der Waals surface area (Å²) in [6.45, 7) is 0.510. The van der Waals surface area contributed by atoms with Crippen LogP contribution < -0.4 is 15.2 Å². The first-order chi connectivity index (χ1) is 16.8. The molecule has 0 radical (unpaired) electrons. The third-order valence-electron chi connectivity index (χ3n) is 6.54. The van der Waals surface area contributed by atoms with Gasteiger partial charge in [0.05, 0.1) is 14.2 Å². The number of amides is 1. The maximum Gasteiger partial charge on any atom is 0.239 e. The van der Waals surface area contributed by atoms with Crippen molar-refractivity contribution in [1.29, 1.82) is 0 Å². The Morgan fingerprint density at radius 3 is 2.31 bits per heavy atom. The van der Waals surface area contributed by atoms with E-state index >= 15 is 0 Å². The molecule has 2 atom stereocenters. The molecule has 4 rings (SSSR count). The summed E-state index contributed by atoms with van der Waals surface area (Å²) in [6.07, 6.45) is 1.09. The first-order valence-electron chi connectivity index (χ1n) is 11.3. The van der Waals surface area contributed by atoms with Crippen LogP contribution in [0.15, 0.2) is 54.6 Å². The van der Waals surface area contributed by atoms with Crippen LogP contribution in [0.3, 0.4) is 0 Å². The standard InChI is InChI=1S/C27H27F3N2O3/c1-34-24-13-17-10-11-32(26(27(31)33)16-6-4-3-5-7-16)23(19(17)14-25(24)35-2)9-8-18-12-21(29)22(30)15-20(18)28/h3-7,12-15,23,26H,8-11H2,1-2H3,(H2,31,33). The van der Waals surface area contributed by atoms with Gasteiger partial charge in [-0.1, -0.05) is 30.3 Å². The van der Waals surface area contributed by atoms with Crippen LogP contribution in [-0.2, 0) is 17.6 Å². The number of nitrogens with two attached hydrogens (primary N) is 1. The van der Waals surface area contributed by atoms with Crippen molar-refractivity contribution >= 4 is 5.91 Å². The maximum absolute atomic E-state index is 14.4. The molecular formula is C27H27F3N2O3. The van der Waals surface area contributed by atoms with Gasteiger partial charge in [-0.3, -0.25) is 9.69 Å². The van der Waals surface area contributed by atoms with E-state index in [1.54, 1.807) is 7.11 Å². The summed E-state index contributed by atoms with van der Waals surface area (Å²) >= 11 is 0. The van der Waals surface area contributed by atoms with Crippen molar-refractivity contribution in [1.82, 2.24) is 4.90 Å². The summed E-state index contributed by atoms with van der Waals surface area (Å²) in [7, 11) is 3.09. The van der Waals surface area contributed by atoms with Crippen molar-refractivity contribution in [3.63, 3.8) is 0 Å². The molecule has 1 heterocycles. The molecule has 0 bridgehead atoms. The molecule has 0 aromatic heterocycles. The van der Waals surface area contributed by atoms with Gasteiger partial charge in [0.25, 0.3) is 0 Å². The summed E-state index contributed by atoms with van der Waals surface area (Å²) < 4.78 is 52.7. The topological polar surface area (TPSA) is 64.8 Å². The van der Waals surface area contributed by atoms with E-state index in [-0.39, 0.29) is 18.0 Å². The van der Waals surface area contributed by atoms with Gasteiger partial charge in [0.15, 0.2) is 23.1 Å². The highest BCUT2D eigenvalue weighted by Crippen LogP contribution is 2.43. The van der Waals surface area contributed by atoms with Crippen LogP contribution in [-0.4, -0.2) is 31.6 Å². The minimum Gasteiger partial charge on any atom is -0.493 e. The summed E-state index contributed by atoms with van der Waals surface area (Å²) in [5.41, 5.74) is 8.57. The van der Waals surface area contributed by atoms with Gasteiger partial charge in [0.2, 0.25) is 5.91 Å². The second kappa shape index (κ2) is 10.4. The lowest BCUT2D eigenvalue weighted by atomic mass is 9.86. The Labute approximate surface area is 202 Å². The van der Waals surface area contributed by atoms with Gasteiger partial charge in [0.1, 0.15) is 11.9 Å². The van der Waals surface area contributed by atoms with Crippen molar-refractivity contribution in [3.05, 3.63) is 94.3 Å². The number of carbonyl (C=O) groups excluding carboxylic acids is 1. The molecule has 2 N–H and O–H groups in total. The third kappa shape index (κ3) is 4.98. The van der Waals surface area contributed by atoms with E-state index in [1.165, 1.54) is 7.11 Å². The first kappa shape index (κ1) is 24.6. The SMILES string of the molecule is COc1cc2c(cc1OC)C(CCc1cc(F)c(F)cc1F)N(C(C(N)=O)c1ccccc1)CC2. The van der Waals surface area contributed by atoms with Crippen molar-refractivity contribution in [2.45, 2.75) is 31.3 Å². The van der Waals surface area contributed by atoms with Gasteiger partial charge in [-0.15, -0.1) is 0 Å². The monoisotopic (exact) mass is 484 g/mol. The predicted molar refractivity (Wildman–Crippen MR) is 126 cm³/mol. The number of nitrogens with zero attached hydrogens (tertiary/aromatic N) is 1. The van der Waals surface area contributed by atoms with Gasteiger partial charge >= 0.3 is 0 Å². The normalized spacial score (nSPS) is 16.4. The molecule has 3 aromatic rings. The number of aryl methyl sites for hydroxylation is 1. The van der Waals surface area contributed by atoms with Gasteiger partial charge < -0.3 is 15.2 Å². The van der Waals surface area contributed by atoms with Crippen molar-refractivity contribution in [3.8, 4) is 11.5 Å². The Morgan fingerprint density at radius 2 is 1.66 bits per heavy atom. The summed E-state index contributed by atoms with van der Waals surface area (Å²) in [6, 6.07) is 13.3. The highest BCUT2D eigenvalue weighted by molar-refractivity contribution is 5.81.